The number of pyridine rings is 1. The highest BCUT2D eigenvalue weighted by Gasteiger charge is 2.23. The Bertz CT molecular complexity index is 474. The maximum Gasteiger partial charge on any atom is 0.328 e. The molecule has 0 unspecified atom stereocenters. The minimum absolute atomic E-state index is 0.257. The number of carbonyl (C=O) groups excluding carboxylic acids is 2. The van der Waals surface area contributed by atoms with Crippen molar-refractivity contribution in [3.63, 3.8) is 0 Å². The van der Waals surface area contributed by atoms with Crippen molar-refractivity contribution in [2.45, 2.75) is 32.9 Å². The van der Waals surface area contributed by atoms with Crippen molar-refractivity contribution in [2.24, 2.45) is 11.7 Å². The van der Waals surface area contributed by atoms with Crippen molar-refractivity contribution in [2.75, 3.05) is 7.11 Å². The summed E-state index contributed by atoms with van der Waals surface area (Å²) in [6.07, 6.45) is 2.04. The maximum absolute atomic E-state index is 12.1. The van der Waals surface area contributed by atoms with Crippen LogP contribution in [-0.4, -0.2) is 30.0 Å². The van der Waals surface area contributed by atoms with Crippen molar-refractivity contribution in [1.82, 2.24) is 10.3 Å². The van der Waals surface area contributed by atoms with Crippen LogP contribution in [0, 0.1) is 5.92 Å². The molecule has 0 spiro atoms. The molecule has 3 N–H and O–H groups in total. The van der Waals surface area contributed by atoms with E-state index >= 15 is 0 Å². The van der Waals surface area contributed by atoms with Gasteiger partial charge in [-0.15, -0.1) is 0 Å². The zero-order valence-electron chi connectivity index (χ0n) is 12.1. The number of rotatable bonds is 6. The Balaban J connectivity index is 2.81. The Morgan fingerprint density at radius 1 is 1.45 bits per heavy atom. The van der Waals surface area contributed by atoms with E-state index in [2.05, 4.69) is 10.3 Å². The molecule has 0 saturated heterocycles. The molecule has 0 radical (unpaired) electrons. The quantitative estimate of drug-likeness (QED) is 0.753. The van der Waals surface area contributed by atoms with Crippen LogP contribution in [0.1, 0.15) is 36.3 Å². The van der Waals surface area contributed by atoms with Gasteiger partial charge in [-0.3, -0.25) is 9.78 Å². The number of hydrogen-bond acceptors (Lipinski definition) is 5. The summed E-state index contributed by atoms with van der Waals surface area (Å²) in [6, 6.07) is 2.54. The maximum atomic E-state index is 12.1. The first kappa shape index (κ1) is 16.1. The number of aromatic nitrogens is 1. The topological polar surface area (TPSA) is 94.3 Å². The number of amides is 1. The van der Waals surface area contributed by atoms with Crippen LogP contribution in [0.2, 0.25) is 0 Å². The van der Waals surface area contributed by atoms with E-state index in [1.807, 2.05) is 13.8 Å². The molecular formula is C14H21N3O3. The monoisotopic (exact) mass is 279 g/mol. The number of carbonyl (C=O) groups is 2. The van der Waals surface area contributed by atoms with Crippen LogP contribution < -0.4 is 11.1 Å². The fourth-order valence-electron chi connectivity index (χ4n) is 1.80. The van der Waals surface area contributed by atoms with Crippen molar-refractivity contribution in [3.05, 3.63) is 29.6 Å². The van der Waals surface area contributed by atoms with Crippen molar-refractivity contribution >= 4 is 11.9 Å². The predicted octanol–water partition coefficient (Wildman–Crippen LogP) is 0.858. The van der Waals surface area contributed by atoms with E-state index < -0.39 is 12.0 Å². The molecule has 0 saturated carbocycles. The lowest BCUT2D eigenvalue weighted by Crippen LogP contribution is -2.42. The Morgan fingerprint density at radius 3 is 2.70 bits per heavy atom. The van der Waals surface area contributed by atoms with Crippen molar-refractivity contribution < 1.29 is 14.3 Å². The number of ether oxygens (including phenoxy) is 1. The van der Waals surface area contributed by atoms with Gasteiger partial charge in [0.1, 0.15) is 6.04 Å². The summed E-state index contributed by atoms with van der Waals surface area (Å²) < 4.78 is 4.71. The van der Waals surface area contributed by atoms with Crippen LogP contribution in [-0.2, 0) is 16.1 Å². The SMILES string of the molecule is COC(=O)[C@H](CC(C)C)NC(=O)c1ccnc(CN)c1. The lowest BCUT2D eigenvalue weighted by atomic mass is 10.0. The van der Waals surface area contributed by atoms with Gasteiger partial charge >= 0.3 is 5.97 Å². The van der Waals surface area contributed by atoms with Crippen molar-refractivity contribution in [3.8, 4) is 0 Å². The summed E-state index contributed by atoms with van der Waals surface area (Å²) in [6.45, 7) is 4.20. The Labute approximate surface area is 118 Å². The van der Waals surface area contributed by atoms with Gasteiger partial charge in [-0.25, -0.2) is 4.79 Å². The van der Waals surface area contributed by atoms with E-state index in [4.69, 9.17) is 10.5 Å². The fraction of sp³-hybridized carbons (Fsp3) is 0.500. The zero-order valence-corrected chi connectivity index (χ0v) is 12.1. The van der Waals surface area contributed by atoms with Gasteiger partial charge in [0.25, 0.3) is 5.91 Å². The Kier molecular flexibility index (Phi) is 6.11. The van der Waals surface area contributed by atoms with Crippen LogP contribution in [0.4, 0.5) is 0 Å². The molecule has 0 aliphatic rings. The van der Waals surface area contributed by atoms with Gasteiger partial charge < -0.3 is 15.8 Å². The van der Waals surface area contributed by atoms with Gasteiger partial charge in [0.2, 0.25) is 0 Å². The smallest absolute Gasteiger partial charge is 0.328 e. The summed E-state index contributed by atoms with van der Waals surface area (Å²) in [5, 5.41) is 2.68. The first-order valence-electron chi connectivity index (χ1n) is 6.51. The minimum Gasteiger partial charge on any atom is -0.467 e. The molecule has 1 heterocycles. The summed E-state index contributed by atoms with van der Waals surface area (Å²) in [5.41, 5.74) is 6.54. The molecule has 1 rings (SSSR count). The Morgan fingerprint density at radius 2 is 2.15 bits per heavy atom. The van der Waals surface area contributed by atoms with Gasteiger partial charge in [0.05, 0.1) is 12.8 Å². The highest BCUT2D eigenvalue weighted by molar-refractivity contribution is 5.96. The van der Waals surface area contributed by atoms with Crippen LogP contribution in [0.3, 0.4) is 0 Å². The third kappa shape index (κ3) is 4.62. The van der Waals surface area contributed by atoms with Gasteiger partial charge in [-0.05, 0) is 24.5 Å². The van der Waals surface area contributed by atoms with Gasteiger partial charge in [-0.1, -0.05) is 13.8 Å². The number of nitrogens with two attached hydrogens (primary N) is 1. The number of hydrogen-bond donors (Lipinski definition) is 2. The standard InChI is InChI=1S/C14H21N3O3/c1-9(2)6-12(14(19)20-3)17-13(18)10-4-5-16-11(7-10)8-15/h4-5,7,9,12H,6,8,15H2,1-3H3,(H,17,18)/t12-/m0/s1. The average molecular weight is 279 g/mol. The predicted molar refractivity (Wildman–Crippen MR) is 74.9 cm³/mol. The second-order valence-electron chi connectivity index (χ2n) is 4.92. The molecule has 1 aromatic rings. The number of methoxy groups -OCH3 is 1. The molecular weight excluding hydrogens is 258 g/mol. The molecule has 0 aliphatic heterocycles. The van der Waals surface area contributed by atoms with Crippen LogP contribution in [0.25, 0.3) is 0 Å². The van der Waals surface area contributed by atoms with Gasteiger partial charge in [0.15, 0.2) is 0 Å². The summed E-state index contributed by atoms with van der Waals surface area (Å²) >= 11 is 0. The average Bonchev–Trinajstić information content (AvgIpc) is 2.45. The first-order valence-corrected chi connectivity index (χ1v) is 6.51. The second-order valence-corrected chi connectivity index (χ2v) is 4.92. The Hall–Kier alpha value is -1.95. The summed E-state index contributed by atoms with van der Waals surface area (Å²) in [5.74, 6) is -0.519. The minimum atomic E-state index is -0.651. The zero-order chi connectivity index (χ0) is 15.1. The molecule has 1 aromatic heterocycles. The van der Waals surface area contributed by atoms with E-state index in [1.165, 1.54) is 13.3 Å². The molecule has 0 aliphatic carbocycles. The third-order valence-corrected chi connectivity index (χ3v) is 2.79. The molecule has 6 heteroatoms. The molecule has 1 amide bonds. The molecule has 0 bridgehead atoms. The summed E-state index contributed by atoms with van der Waals surface area (Å²) in [7, 11) is 1.31. The highest BCUT2D eigenvalue weighted by atomic mass is 16.5. The normalized spacial score (nSPS) is 12.1. The molecule has 20 heavy (non-hydrogen) atoms. The lowest BCUT2D eigenvalue weighted by molar-refractivity contribution is -0.143. The number of nitrogens with zero attached hydrogens (tertiary/aromatic N) is 1. The first-order chi connectivity index (χ1) is 9.47. The number of nitrogens with one attached hydrogen (secondary N) is 1. The lowest BCUT2D eigenvalue weighted by Gasteiger charge is -2.18. The van der Waals surface area contributed by atoms with Crippen LogP contribution in [0.5, 0.6) is 0 Å². The molecule has 0 fully saturated rings. The molecule has 1 atom stereocenters. The second kappa shape index (κ2) is 7.59. The van der Waals surface area contributed by atoms with E-state index in [0.29, 0.717) is 17.7 Å². The van der Waals surface area contributed by atoms with Gasteiger partial charge in [-0.2, -0.15) is 0 Å². The van der Waals surface area contributed by atoms with E-state index in [0.717, 1.165) is 0 Å². The summed E-state index contributed by atoms with van der Waals surface area (Å²) in [4.78, 5) is 27.8. The van der Waals surface area contributed by atoms with Crippen LogP contribution >= 0.6 is 0 Å². The molecule has 6 nitrogen and oxygen atoms in total. The van der Waals surface area contributed by atoms with Crippen molar-refractivity contribution in [1.29, 1.82) is 0 Å². The highest BCUT2D eigenvalue weighted by Crippen LogP contribution is 2.08. The van der Waals surface area contributed by atoms with Gasteiger partial charge in [0, 0.05) is 18.3 Å². The van der Waals surface area contributed by atoms with E-state index in [9.17, 15) is 9.59 Å². The molecule has 0 aromatic carbocycles. The van der Waals surface area contributed by atoms with E-state index in [-0.39, 0.29) is 18.4 Å². The number of esters is 1. The third-order valence-electron chi connectivity index (χ3n) is 2.79. The van der Waals surface area contributed by atoms with E-state index in [1.54, 1.807) is 12.1 Å². The largest absolute Gasteiger partial charge is 0.467 e. The molecule has 110 valence electrons. The van der Waals surface area contributed by atoms with Crippen LogP contribution in [0.15, 0.2) is 18.3 Å². The fourth-order valence-corrected chi connectivity index (χ4v) is 1.80.